The second-order valence-electron chi connectivity index (χ2n) is 7.92. The van der Waals surface area contributed by atoms with Gasteiger partial charge in [-0.1, -0.05) is 24.3 Å². The average molecular weight is 399 g/mol. The second-order valence-corrected chi connectivity index (χ2v) is 7.92. The van der Waals surface area contributed by atoms with Gasteiger partial charge in [0.1, 0.15) is 11.5 Å². The van der Waals surface area contributed by atoms with Crippen LogP contribution in [-0.4, -0.2) is 53.0 Å². The van der Waals surface area contributed by atoms with E-state index in [0.29, 0.717) is 24.8 Å². The molecule has 1 fully saturated rings. The van der Waals surface area contributed by atoms with Gasteiger partial charge in [-0.15, -0.1) is 0 Å². The predicted molar refractivity (Wildman–Crippen MR) is 118 cm³/mol. The van der Waals surface area contributed by atoms with Crippen molar-refractivity contribution in [3.63, 3.8) is 0 Å². The summed E-state index contributed by atoms with van der Waals surface area (Å²) in [4.78, 5) is 28.3. The van der Waals surface area contributed by atoms with Gasteiger partial charge in [-0.25, -0.2) is 9.97 Å². The van der Waals surface area contributed by atoms with Gasteiger partial charge >= 0.3 is 0 Å². The third-order valence-electron chi connectivity index (χ3n) is 5.99. The van der Waals surface area contributed by atoms with Gasteiger partial charge in [0.25, 0.3) is 5.91 Å². The van der Waals surface area contributed by atoms with Crippen LogP contribution in [0.3, 0.4) is 0 Å². The fourth-order valence-corrected chi connectivity index (χ4v) is 4.46. The summed E-state index contributed by atoms with van der Waals surface area (Å²) in [6.45, 7) is 5.14. The zero-order valence-corrected chi connectivity index (χ0v) is 17.1. The van der Waals surface area contributed by atoms with E-state index >= 15 is 0 Å². The SMILES string of the molecule is CC1Cc2ccccc2N1c1ccc(C(=O)N2CCN(c3ccccn3)CC2)nc1. The molecule has 30 heavy (non-hydrogen) atoms. The van der Waals surface area contributed by atoms with E-state index in [2.05, 4.69) is 51.0 Å². The maximum absolute atomic E-state index is 13.0. The monoisotopic (exact) mass is 399 g/mol. The molecule has 2 aromatic heterocycles. The summed E-state index contributed by atoms with van der Waals surface area (Å²) in [5, 5.41) is 0. The van der Waals surface area contributed by atoms with Crippen molar-refractivity contribution >= 4 is 23.1 Å². The number of amides is 1. The maximum Gasteiger partial charge on any atom is 0.272 e. The average Bonchev–Trinajstić information content (AvgIpc) is 3.15. The van der Waals surface area contributed by atoms with E-state index in [0.717, 1.165) is 31.0 Å². The van der Waals surface area contributed by atoms with Crippen LogP contribution in [0.25, 0.3) is 0 Å². The van der Waals surface area contributed by atoms with Crippen molar-refractivity contribution in [2.45, 2.75) is 19.4 Å². The molecular weight excluding hydrogens is 374 g/mol. The molecular formula is C24H25N5O. The molecule has 2 aliphatic heterocycles. The van der Waals surface area contributed by atoms with Crippen LogP contribution < -0.4 is 9.80 Å². The highest BCUT2D eigenvalue weighted by atomic mass is 16.2. The molecule has 0 radical (unpaired) electrons. The molecule has 0 aliphatic carbocycles. The number of piperazine rings is 1. The first kappa shape index (κ1) is 18.6. The molecule has 1 aromatic carbocycles. The second kappa shape index (κ2) is 7.78. The highest BCUT2D eigenvalue weighted by Crippen LogP contribution is 2.37. The number of carbonyl (C=O) groups is 1. The standard InChI is InChI=1S/C24H25N5O/c1-18-16-19-6-2-3-7-22(19)29(18)20-9-10-21(26-17-20)24(30)28-14-12-27(13-15-28)23-8-4-5-11-25-23/h2-11,17-18H,12-16H2,1H3. The molecule has 0 saturated carbocycles. The summed E-state index contributed by atoms with van der Waals surface area (Å²) >= 11 is 0. The number of para-hydroxylation sites is 1. The molecule has 5 rings (SSSR count). The topological polar surface area (TPSA) is 52.6 Å². The normalized spacial score (nSPS) is 18.4. The summed E-state index contributed by atoms with van der Waals surface area (Å²) in [5.41, 5.74) is 4.13. The van der Waals surface area contributed by atoms with E-state index in [1.165, 1.54) is 11.3 Å². The molecule has 1 amide bonds. The molecule has 1 atom stereocenters. The Hall–Kier alpha value is -3.41. The van der Waals surface area contributed by atoms with E-state index in [1.54, 1.807) is 6.20 Å². The summed E-state index contributed by atoms with van der Waals surface area (Å²) in [7, 11) is 0. The zero-order chi connectivity index (χ0) is 20.5. The van der Waals surface area contributed by atoms with Crippen molar-refractivity contribution in [2.24, 2.45) is 0 Å². The van der Waals surface area contributed by atoms with E-state index in [-0.39, 0.29) is 5.91 Å². The lowest BCUT2D eigenvalue weighted by molar-refractivity contribution is 0.0740. The minimum atomic E-state index is -0.00269. The van der Waals surface area contributed by atoms with Gasteiger partial charge in [-0.05, 0) is 49.2 Å². The fourth-order valence-electron chi connectivity index (χ4n) is 4.46. The largest absolute Gasteiger partial charge is 0.353 e. The van der Waals surface area contributed by atoms with Crippen molar-refractivity contribution in [1.29, 1.82) is 0 Å². The first-order chi connectivity index (χ1) is 14.7. The van der Waals surface area contributed by atoms with Crippen LogP contribution in [0.5, 0.6) is 0 Å². The number of benzene rings is 1. The number of pyridine rings is 2. The maximum atomic E-state index is 13.0. The summed E-state index contributed by atoms with van der Waals surface area (Å²) in [6, 6.07) is 18.7. The number of hydrogen-bond donors (Lipinski definition) is 0. The van der Waals surface area contributed by atoms with Gasteiger partial charge in [0.15, 0.2) is 0 Å². The molecule has 6 heteroatoms. The van der Waals surface area contributed by atoms with Crippen LogP contribution in [0.4, 0.5) is 17.2 Å². The molecule has 1 saturated heterocycles. The molecule has 3 aromatic rings. The quantitative estimate of drug-likeness (QED) is 0.675. The lowest BCUT2D eigenvalue weighted by Crippen LogP contribution is -2.49. The Morgan fingerprint density at radius 2 is 1.73 bits per heavy atom. The Morgan fingerprint density at radius 3 is 2.47 bits per heavy atom. The van der Waals surface area contributed by atoms with Crippen molar-refractivity contribution in [2.75, 3.05) is 36.0 Å². The Bertz CT molecular complexity index is 1030. The molecule has 6 nitrogen and oxygen atoms in total. The Balaban J connectivity index is 1.27. The van der Waals surface area contributed by atoms with Crippen molar-refractivity contribution in [1.82, 2.24) is 14.9 Å². The number of carbonyl (C=O) groups excluding carboxylic acids is 1. The number of nitrogens with zero attached hydrogens (tertiary/aromatic N) is 5. The number of aromatic nitrogens is 2. The van der Waals surface area contributed by atoms with Gasteiger partial charge in [0, 0.05) is 44.1 Å². The van der Waals surface area contributed by atoms with Crippen LogP contribution in [-0.2, 0) is 6.42 Å². The van der Waals surface area contributed by atoms with Gasteiger partial charge < -0.3 is 14.7 Å². The Morgan fingerprint density at radius 1 is 0.933 bits per heavy atom. The predicted octanol–water partition coefficient (Wildman–Crippen LogP) is 3.52. The highest BCUT2D eigenvalue weighted by Gasteiger charge is 2.28. The van der Waals surface area contributed by atoms with Crippen LogP contribution >= 0.6 is 0 Å². The molecule has 4 heterocycles. The summed E-state index contributed by atoms with van der Waals surface area (Å²) in [5.74, 6) is 0.962. The lowest BCUT2D eigenvalue weighted by atomic mass is 10.1. The number of anilines is 3. The summed E-state index contributed by atoms with van der Waals surface area (Å²) in [6.07, 6.45) is 4.66. The minimum absolute atomic E-state index is 0.00269. The number of rotatable bonds is 3. The molecule has 0 N–H and O–H groups in total. The third-order valence-corrected chi connectivity index (χ3v) is 5.99. The lowest BCUT2D eigenvalue weighted by Gasteiger charge is -2.35. The van der Waals surface area contributed by atoms with Gasteiger partial charge in [0.2, 0.25) is 0 Å². The van der Waals surface area contributed by atoms with E-state index < -0.39 is 0 Å². The molecule has 0 bridgehead atoms. The van der Waals surface area contributed by atoms with Crippen LogP contribution in [0, 0.1) is 0 Å². The van der Waals surface area contributed by atoms with Gasteiger partial charge in [0.05, 0.1) is 11.9 Å². The van der Waals surface area contributed by atoms with Gasteiger partial charge in [-0.3, -0.25) is 4.79 Å². The zero-order valence-electron chi connectivity index (χ0n) is 17.1. The molecule has 2 aliphatic rings. The fraction of sp³-hybridized carbons (Fsp3) is 0.292. The first-order valence-electron chi connectivity index (χ1n) is 10.5. The number of fused-ring (bicyclic) bond motifs is 1. The first-order valence-corrected chi connectivity index (χ1v) is 10.5. The van der Waals surface area contributed by atoms with Gasteiger partial charge in [-0.2, -0.15) is 0 Å². The molecule has 0 spiro atoms. The highest BCUT2D eigenvalue weighted by molar-refractivity contribution is 5.92. The number of hydrogen-bond acceptors (Lipinski definition) is 5. The minimum Gasteiger partial charge on any atom is -0.353 e. The van der Waals surface area contributed by atoms with Crippen LogP contribution in [0.1, 0.15) is 23.0 Å². The van der Waals surface area contributed by atoms with E-state index in [1.807, 2.05) is 41.4 Å². The Labute approximate surface area is 176 Å². The van der Waals surface area contributed by atoms with Crippen molar-refractivity contribution in [3.05, 3.63) is 78.2 Å². The molecule has 1 unspecified atom stereocenters. The smallest absolute Gasteiger partial charge is 0.272 e. The van der Waals surface area contributed by atoms with Crippen LogP contribution in [0.15, 0.2) is 67.0 Å². The summed E-state index contributed by atoms with van der Waals surface area (Å²) < 4.78 is 0. The van der Waals surface area contributed by atoms with Crippen molar-refractivity contribution < 1.29 is 4.79 Å². The van der Waals surface area contributed by atoms with E-state index in [4.69, 9.17) is 0 Å². The Kier molecular flexibility index (Phi) is 4.83. The van der Waals surface area contributed by atoms with Crippen molar-refractivity contribution in [3.8, 4) is 0 Å². The van der Waals surface area contributed by atoms with Crippen LogP contribution in [0.2, 0.25) is 0 Å². The third kappa shape index (κ3) is 3.38. The molecule has 152 valence electrons. The van der Waals surface area contributed by atoms with E-state index in [9.17, 15) is 4.79 Å².